The topological polar surface area (TPSA) is 27.6 Å². The van der Waals surface area contributed by atoms with E-state index < -0.39 is 0 Å². The molecule has 0 saturated carbocycles. The van der Waals surface area contributed by atoms with Crippen molar-refractivity contribution < 1.29 is 0 Å². The first-order valence-electron chi connectivity index (χ1n) is 7.82. The van der Waals surface area contributed by atoms with Crippen LogP contribution in [0.25, 0.3) is 0 Å². The molecule has 0 aliphatic rings. The summed E-state index contributed by atoms with van der Waals surface area (Å²) in [7, 11) is 2.10. The largest absolute Gasteiger partial charge is 0.357 e. The third-order valence-corrected chi connectivity index (χ3v) is 4.73. The number of unbranched alkanes of at least 4 members (excludes halogenated alkanes) is 1. The lowest BCUT2D eigenvalue weighted by molar-refractivity contribution is 0.476. The summed E-state index contributed by atoms with van der Waals surface area (Å²) in [6, 6.07) is 8.76. The Morgan fingerprint density at radius 1 is 1.17 bits per heavy atom. The number of hydrogen-bond donors (Lipinski definition) is 1. The standard InChI is InChI=1S/C17H29N3S2.HI/c1-5-18-17(19-12-6-7-13-21-3)20(2)14-15-8-10-16(22-4)11-9-15;/h8-11H,5-7,12-14H2,1-4H3,(H,18,19);1H. The quantitative estimate of drug-likeness (QED) is 0.189. The fourth-order valence-corrected chi connectivity index (χ4v) is 2.99. The number of aliphatic imine (C=N–C) groups is 1. The number of hydrogen-bond acceptors (Lipinski definition) is 3. The van der Waals surface area contributed by atoms with Crippen LogP contribution in [0.15, 0.2) is 34.2 Å². The SMILES string of the molecule is CCNC(=NCCCCSC)N(C)Cc1ccc(SC)cc1.I. The molecule has 1 aromatic rings. The molecule has 132 valence electrons. The monoisotopic (exact) mass is 467 g/mol. The molecule has 0 heterocycles. The minimum Gasteiger partial charge on any atom is -0.357 e. The average molecular weight is 467 g/mol. The van der Waals surface area contributed by atoms with Crippen LogP contribution in [0.3, 0.4) is 0 Å². The van der Waals surface area contributed by atoms with Crippen molar-refractivity contribution in [3.05, 3.63) is 29.8 Å². The number of benzene rings is 1. The second-order valence-corrected chi connectivity index (χ2v) is 7.00. The van der Waals surface area contributed by atoms with E-state index in [1.54, 1.807) is 11.8 Å². The van der Waals surface area contributed by atoms with E-state index in [4.69, 9.17) is 4.99 Å². The van der Waals surface area contributed by atoms with Crippen LogP contribution in [0.2, 0.25) is 0 Å². The number of rotatable bonds is 9. The van der Waals surface area contributed by atoms with Gasteiger partial charge < -0.3 is 10.2 Å². The molecule has 0 aliphatic carbocycles. The molecule has 23 heavy (non-hydrogen) atoms. The molecular weight excluding hydrogens is 437 g/mol. The minimum atomic E-state index is 0. The van der Waals surface area contributed by atoms with E-state index in [0.29, 0.717) is 0 Å². The molecule has 0 aromatic heterocycles. The second kappa shape index (κ2) is 14.3. The van der Waals surface area contributed by atoms with Crippen molar-refractivity contribution in [1.82, 2.24) is 10.2 Å². The van der Waals surface area contributed by atoms with Gasteiger partial charge in [-0.1, -0.05) is 12.1 Å². The summed E-state index contributed by atoms with van der Waals surface area (Å²) in [5, 5.41) is 3.38. The lowest BCUT2D eigenvalue weighted by Crippen LogP contribution is -2.38. The van der Waals surface area contributed by atoms with Gasteiger partial charge in [0, 0.05) is 31.6 Å². The maximum absolute atomic E-state index is 4.73. The number of guanidine groups is 1. The van der Waals surface area contributed by atoms with E-state index in [2.05, 4.69) is 61.0 Å². The zero-order chi connectivity index (χ0) is 16.2. The van der Waals surface area contributed by atoms with Gasteiger partial charge in [0.25, 0.3) is 0 Å². The molecule has 0 fully saturated rings. The van der Waals surface area contributed by atoms with Gasteiger partial charge in [-0.3, -0.25) is 4.99 Å². The van der Waals surface area contributed by atoms with Crippen LogP contribution in [-0.2, 0) is 6.54 Å². The average Bonchev–Trinajstić information content (AvgIpc) is 2.54. The molecule has 1 N–H and O–H groups in total. The highest BCUT2D eigenvalue weighted by Crippen LogP contribution is 2.15. The van der Waals surface area contributed by atoms with Crippen LogP contribution in [0.5, 0.6) is 0 Å². The predicted octanol–water partition coefficient (Wildman–Crippen LogP) is 4.57. The molecule has 3 nitrogen and oxygen atoms in total. The Kier molecular flexibility index (Phi) is 14.2. The van der Waals surface area contributed by atoms with Gasteiger partial charge in [-0.15, -0.1) is 35.7 Å². The Hall–Kier alpha value is -0.0800. The molecule has 0 unspecified atom stereocenters. The molecule has 1 aromatic carbocycles. The van der Waals surface area contributed by atoms with E-state index >= 15 is 0 Å². The van der Waals surface area contributed by atoms with Gasteiger partial charge in [-0.2, -0.15) is 11.8 Å². The van der Waals surface area contributed by atoms with Gasteiger partial charge in [-0.25, -0.2) is 0 Å². The predicted molar refractivity (Wildman–Crippen MR) is 119 cm³/mol. The summed E-state index contributed by atoms with van der Waals surface area (Å²) in [5.74, 6) is 2.23. The fraction of sp³-hybridized carbons (Fsp3) is 0.588. The van der Waals surface area contributed by atoms with Gasteiger partial charge in [0.2, 0.25) is 0 Å². The first kappa shape index (κ1) is 22.9. The Labute approximate surface area is 167 Å². The highest BCUT2D eigenvalue weighted by molar-refractivity contribution is 14.0. The maximum atomic E-state index is 4.73. The highest BCUT2D eigenvalue weighted by Gasteiger charge is 2.06. The lowest BCUT2D eigenvalue weighted by Gasteiger charge is -2.22. The second-order valence-electron chi connectivity index (χ2n) is 5.14. The molecule has 0 aliphatic heterocycles. The number of halogens is 1. The van der Waals surface area contributed by atoms with E-state index in [1.807, 2.05) is 11.8 Å². The molecule has 1 rings (SSSR count). The number of nitrogens with zero attached hydrogens (tertiary/aromatic N) is 2. The molecule has 0 saturated heterocycles. The van der Waals surface area contributed by atoms with Crippen molar-refractivity contribution in [1.29, 1.82) is 0 Å². The molecular formula is C17H30IN3S2. The van der Waals surface area contributed by atoms with Gasteiger partial charge >= 0.3 is 0 Å². The van der Waals surface area contributed by atoms with Gasteiger partial charge in [0.15, 0.2) is 5.96 Å². The summed E-state index contributed by atoms with van der Waals surface area (Å²) in [6.45, 7) is 4.80. The molecule has 0 radical (unpaired) electrons. The summed E-state index contributed by atoms with van der Waals surface area (Å²) in [4.78, 5) is 8.24. The first-order chi connectivity index (χ1) is 10.7. The zero-order valence-electron chi connectivity index (χ0n) is 14.7. The first-order valence-corrected chi connectivity index (χ1v) is 10.4. The van der Waals surface area contributed by atoms with E-state index in [9.17, 15) is 0 Å². The summed E-state index contributed by atoms with van der Waals surface area (Å²) >= 11 is 3.68. The maximum Gasteiger partial charge on any atom is 0.193 e. The molecule has 0 atom stereocenters. The van der Waals surface area contributed by atoms with Crippen molar-refractivity contribution in [3.8, 4) is 0 Å². The number of thioether (sulfide) groups is 2. The smallest absolute Gasteiger partial charge is 0.193 e. The Balaban J connectivity index is 0.00000484. The van der Waals surface area contributed by atoms with Crippen molar-refractivity contribution >= 4 is 53.5 Å². The van der Waals surface area contributed by atoms with E-state index in [-0.39, 0.29) is 24.0 Å². The minimum absolute atomic E-state index is 0. The van der Waals surface area contributed by atoms with Crippen LogP contribution < -0.4 is 5.32 Å². The van der Waals surface area contributed by atoms with Crippen LogP contribution in [0, 0.1) is 0 Å². The normalized spacial score (nSPS) is 11.0. The van der Waals surface area contributed by atoms with Gasteiger partial charge in [-0.05, 0) is 55.7 Å². The zero-order valence-corrected chi connectivity index (χ0v) is 18.6. The number of nitrogens with one attached hydrogen (secondary N) is 1. The third-order valence-electron chi connectivity index (χ3n) is 3.29. The molecule has 0 spiro atoms. The Bertz CT molecular complexity index is 438. The van der Waals surface area contributed by atoms with Crippen LogP contribution >= 0.6 is 47.5 Å². The van der Waals surface area contributed by atoms with E-state index in [1.165, 1.54) is 22.6 Å². The van der Waals surface area contributed by atoms with Crippen LogP contribution in [0.4, 0.5) is 0 Å². The third kappa shape index (κ3) is 9.72. The van der Waals surface area contributed by atoms with Crippen LogP contribution in [-0.4, -0.2) is 49.3 Å². The van der Waals surface area contributed by atoms with Gasteiger partial charge in [0.1, 0.15) is 0 Å². The molecule has 0 bridgehead atoms. The lowest BCUT2D eigenvalue weighted by atomic mass is 10.2. The highest BCUT2D eigenvalue weighted by atomic mass is 127. The summed E-state index contributed by atoms with van der Waals surface area (Å²) in [6.07, 6.45) is 6.66. The van der Waals surface area contributed by atoms with Crippen molar-refractivity contribution in [3.63, 3.8) is 0 Å². The summed E-state index contributed by atoms with van der Waals surface area (Å²) < 4.78 is 0. The Morgan fingerprint density at radius 3 is 2.43 bits per heavy atom. The van der Waals surface area contributed by atoms with Crippen molar-refractivity contribution in [2.24, 2.45) is 4.99 Å². The summed E-state index contributed by atoms with van der Waals surface area (Å²) in [5.41, 5.74) is 1.31. The van der Waals surface area contributed by atoms with Crippen molar-refractivity contribution in [2.75, 3.05) is 38.4 Å². The van der Waals surface area contributed by atoms with E-state index in [0.717, 1.165) is 32.0 Å². The van der Waals surface area contributed by atoms with Crippen molar-refractivity contribution in [2.45, 2.75) is 31.2 Å². The molecule has 6 heteroatoms. The fourth-order valence-electron chi connectivity index (χ4n) is 2.09. The van der Waals surface area contributed by atoms with Crippen LogP contribution in [0.1, 0.15) is 25.3 Å². The van der Waals surface area contributed by atoms with Gasteiger partial charge in [0.05, 0.1) is 0 Å². The Morgan fingerprint density at radius 2 is 1.87 bits per heavy atom. The molecule has 0 amide bonds.